The molecule has 8 heteroatoms. The fraction of sp³-hybridized carbons (Fsp3) is 0.273. The van der Waals surface area contributed by atoms with E-state index in [1.54, 1.807) is 38.1 Å². The summed E-state index contributed by atoms with van der Waals surface area (Å²) in [6.07, 6.45) is 6.96. The first-order valence-corrected chi connectivity index (χ1v) is 9.24. The van der Waals surface area contributed by atoms with Gasteiger partial charge in [0.15, 0.2) is 12.9 Å². The second-order valence-electron chi connectivity index (χ2n) is 5.89. The Hall–Kier alpha value is -3.52. The molecule has 2 heterocycles. The van der Waals surface area contributed by atoms with Crippen molar-refractivity contribution in [2.24, 2.45) is 5.73 Å². The third-order valence-electron chi connectivity index (χ3n) is 4.02. The lowest BCUT2D eigenvalue weighted by Crippen LogP contribution is -2.15. The molecule has 0 unspecified atom stereocenters. The molecule has 0 atom stereocenters. The third-order valence-corrected chi connectivity index (χ3v) is 4.02. The van der Waals surface area contributed by atoms with Gasteiger partial charge in [0.25, 0.3) is 0 Å². The lowest BCUT2D eigenvalue weighted by Gasteiger charge is -2.09. The summed E-state index contributed by atoms with van der Waals surface area (Å²) in [5.74, 6) is -1.16. The number of ketones is 1. The maximum Gasteiger partial charge on any atom is 0.344 e. The largest absolute Gasteiger partial charge is 0.465 e. The number of aldehydes is 1. The number of hydrogen-bond donors (Lipinski definition) is 1. The van der Waals surface area contributed by atoms with E-state index in [2.05, 4.69) is 23.9 Å². The number of carbonyl (C=O) groups excluding carboxylic acids is 3. The summed E-state index contributed by atoms with van der Waals surface area (Å²) in [6.45, 7) is 11.3. The van der Waals surface area contributed by atoms with Gasteiger partial charge in [0.05, 0.1) is 23.1 Å². The van der Waals surface area contributed by atoms with E-state index < -0.39 is 11.8 Å². The van der Waals surface area contributed by atoms with Crippen molar-refractivity contribution in [3.8, 4) is 5.88 Å². The van der Waals surface area contributed by atoms with E-state index in [9.17, 15) is 14.4 Å². The van der Waals surface area contributed by atoms with Crippen molar-refractivity contribution in [1.82, 2.24) is 9.55 Å². The van der Waals surface area contributed by atoms with Crippen LogP contribution in [0.15, 0.2) is 49.2 Å². The zero-order valence-electron chi connectivity index (χ0n) is 17.5. The zero-order valence-corrected chi connectivity index (χ0v) is 17.5. The lowest BCUT2D eigenvalue weighted by molar-refractivity contribution is -0.145. The normalized spacial score (nSPS) is 10.3. The van der Waals surface area contributed by atoms with E-state index in [-0.39, 0.29) is 30.9 Å². The molecule has 0 aliphatic carbocycles. The van der Waals surface area contributed by atoms with E-state index >= 15 is 0 Å². The summed E-state index contributed by atoms with van der Waals surface area (Å²) >= 11 is 0. The Morgan fingerprint density at radius 3 is 2.63 bits per heavy atom. The summed E-state index contributed by atoms with van der Waals surface area (Å²) in [6, 6.07) is 1.71. The Morgan fingerprint density at radius 2 is 2.03 bits per heavy atom. The molecule has 0 radical (unpaired) electrons. The number of nitrogens with two attached hydrogens (primary N) is 1. The Balaban J connectivity index is 0.00000218. The highest BCUT2D eigenvalue weighted by Crippen LogP contribution is 2.32. The van der Waals surface area contributed by atoms with Crippen LogP contribution >= 0.6 is 0 Å². The van der Waals surface area contributed by atoms with Gasteiger partial charge in [-0.05, 0) is 32.5 Å². The first kappa shape index (κ1) is 24.5. The monoisotopic (exact) mass is 413 g/mol. The molecule has 160 valence electrons. The van der Waals surface area contributed by atoms with Gasteiger partial charge < -0.3 is 19.8 Å². The fourth-order valence-electron chi connectivity index (χ4n) is 2.85. The molecule has 0 fully saturated rings. The molecule has 0 aliphatic rings. The smallest absolute Gasteiger partial charge is 0.344 e. The van der Waals surface area contributed by atoms with E-state index in [1.165, 1.54) is 13.2 Å². The van der Waals surface area contributed by atoms with Gasteiger partial charge in [-0.15, -0.1) is 0 Å². The van der Waals surface area contributed by atoms with Crippen molar-refractivity contribution in [3.05, 3.63) is 60.5 Å². The molecular formula is C22H27N3O5. The minimum atomic E-state index is -0.692. The van der Waals surface area contributed by atoms with Crippen LogP contribution in [-0.4, -0.2) is 47.9 Å². The number of allylic oxidation sites excluding steroid dienone is 4. The number of nitrogens with zero attached hydrogens (tertiary/aromatic N) is 2. The minimum absolute atomic E-state index is 0.0878. The minimum Gasteiger partial charge on any atom is -0.465 e. The molecule has 2 rings (SSSR count). The van der Waals surface area contributed by atoms with Gasteiger partial charge in [0.2, 0.25) is 11.7 Å². The molecule has 8 nitrogen and oxygen atoms in total. The molecule has 30 heavy (non-hydrogen) atoms. The molecule has 0 aromatic carbocycles. The van der Waals surface area contributed by atoms with Crippen molar-refractivity contribution in [2.45, 2.75) is 20.4 Å². The summed E-state index contributed by atoms with van der Waals surface area (Å²) in [5, 5.41) is 0.377. The van der Waals surface area contributed by atoms with E-state index in [0.717, 1.165) is 5.57 Å². The van der Waals surface area contributed by atoms with E-state index in [1.807, 2.05) is 4.57 Å². The average Bonchev–Trinajstić information content (AvgIpc) is 3.03. The van der Waals surface area contributed by atoms with E-state index in [4.69, 9.17) is 9.47 Å². The van der Waals surface area contributed by atoms with Crippen molar-refractivity contribution < 1.29 is 23.9 Å². The van der Waals surface area contributed by atoms with Gasteiger partial charge in [-0.3, -0.25) is 9.59 Å². The molecule has 2 aromatic rings. The number of rotatable bonds is 10. The average molecular weight is 413 g/mol. The molecular weight excluding hydrogens is 386 g/mol. The molecule has 0 amide bonds. The van der Waals surface area contributed by atoms with Crippen LogP contribution in [0.3, 0.4) is 0 Å². The van der Waals surface area contributed by atoms with Crippen molar-refractivity contribution in [1.29, 1.82) is 0 Å². The van der Waals surface area contributed by atoms with Gasteiger partial charge in [-0.2, -0.15) is 0 Å². The molecule has 0 bridgehead atoms. The van der Waals surface area contributed by atoms with Crippen molar-refractivity contribution in [3.63, 3.8) is 0 Å². The van der Waals surface area contributed by atoms with Gasteiger partial charge in [-0.1, -0.05) is 31.4 Å². The Labute approximate surface area is 175 Å². The number of ether oxygens (including phenoxy) is 2. The highest BCUT2D eigenvalue weighted by molar-refractivity contribution is 6.37. The van der Waals surface area contributed by atoms with Crippen LogP contribution in [0.2, 0.25) is 0 Å². The van der Waals surface area contributed by atoms with Crippen LogP contribution in [-0.2, 0) is 20.9 Å². The molecule has 2 N–H and O–H groups in total. The third kappa shape index (κ3) is 5.74. The maximum atomic E-state index is 12.3. The van der Waals surface area contributed by atoms with Crippen LogP contribution in [0.25, 0.3) is 10.9 Å². The van der Waals surface area contributed by atoms with Crippen LogP contribution < -0.4 is 10.5 Å². The predicted octanol–water partition coefficient (Wildman–Crippen LogP) is 2.54. The standard InChI is InChI=1S/C21H22N2O5.CH5N/c1-5-7-8-14(3)11-23-15(4)19(17(25)12-24)20-16(23)9-10-22-21(20)28-13-18(26)27-6-2;1-2/h5,7-10,12H,1,3,6,11,13H2,2,4H3;2H2,1H3/b8-7-;. The first-order chi connectivity index (χ1) is 14.4. The molecule has 0 spiro atoms. The number of esters is 1. The number of carbonyl (C=O) groups is 3. The Morgan fingerprint density at radius 1 is 1.33 bits per heavy atom. The summed E-state index contributed by atoms with van der Waals surface area (Å²) in [7, 11) is 1.50. The van der Waals surface area contributed by atoms with Crippen molar-refractivity contribution >= 4 is 28.9 Å². The topological polar surface area (TPSA) is 114 Å². The summed E-state index contributed by atoms with van der Waals surface area (Å²) in [4.78, 5) is 39.3. The number of hydrogen-bond acceptors (Lipinski definition) is 7. The Bertz CT molecular complexity index is 973. The molecule has 0 saturated carbocycles. The molecule has 0 saturated heterocycles. The highest BCUT2D eigenvalue weighted by atomic mass is 16.6. The second-order valence-corrected chi connectivity index (χ2v) is 5.89. The number of Topliss-reactive ketones (excluding diaryl/α,β-unsaturated/α-hetero) is 1. The van der Waals surface area contributed by atoms with Gasteiger partial charge in [-0.25, -0.2) is 9.78 Å². The first-order valence-electron chi connectivity index (χ1n) is 9.24. The number of fused-ring (bicyclic) bond motifs is 1. The summed E-state index contributed by atoms with van der Waals surface area (Å²) in [5.41, 5.74) is 6.69. The lowest BCUT2D eigenvalue weighted by atomic mass is 10.1. The second kappa shape index (κ2) is 12.1. The van der Waals surface area contributed by atoms with Gasteiger partial charge in [0.1, 0.15) is 0 Å². The molecule has 0 aliphatic heterocycles. The number of aromatic nitrogens is 2. The molecule has 2 aromatic heterocycles. The van der Waals surface area contributed by atoms with Crippen LogP contribution in [0.5, 0.6) is 5.88 Å². The van der Waals surface area contributed by atoms with Crippen molar-refractivity contribution in [2.75, 3.05) is 20.3 Å². The van der Waals surface area contributed by atoms with Gasteiger partial charge >= 0.3 is 5.97 Å². The Kier molecular flexibility index (Phi) is 9.91. The van der Waals surface area contributed by atoms with Crippen LogP contribution in [0, 0.1) is 6.92 Å². The van der Waals surface area contributed by atoms with Crippen LogP contribution in [0.4, 0.5) is 0 Å². The van der Waals surface area contributed by atoms with E-state index in [0.29, 0.717) is 23.1 Å². The zero-order chi connectivity index (χ0) is 22.7. The highest BCUT2D eigenvalue weighted by Gasteiger charge is 2.24. The SMILES string of the molecule is C=C/C=C\C(=C)Cn1c(C)c(C(=O)C=O)c2c(OCC(=O)OCC)nccc21.CN. The van der Waals surface area contributed by atoms with Crippen LogP contribution in [0.1, 0.15) is 23.0 Å². The number of pyridine rings is 1. The van der Waals surface area contributed by atoms with Gasteiger partial charge in [0, 0.05) is 18.4 Å². The predicted molar refractivity (Wildman–Crippen MR) is 116 cm³/mol. The summed E-state index contributed by atoms with van der Waals surface area (Å²) < 4.78 is 12.2. The quantitative estimate of drug-likeness (QED) is 0.209. The fourth-order valence-corrected chi connectivity index (χ4v) is 2.85. The maximum absolute atomic E-state index is 12.3.